The topological polar surface area (TPSA) is 70.4 Å². The summed E-state index contributed by atoms with van der Waals surface area (Å²) in [5.74, 6) is 0. The Hall–Kier alpha value is -2.34. The van der Waals surface area contributed by atoms with Crippen LogP contribution in [0.1, 0.15) is 25.0 Å². The summed E-state index contributed by atoms with van der Waals surface area (Å²) in [6, 6.07) is 5.60. The molecule has 124 valence electrons. The molecule has 2 N–H and O–H groups in total. The SMILES string of the molecule is Cc1ccc(-n2cc(C)cn2)c(NC(=O)N(CCO)C(C)C)c1. The minimum Gasteiger partial charge on any atom is -0.395 e. The van der Waals surface area contributed by atoms with Crippen molar-refractivity contribution < 1.29 is 9.90 Å². The maximum Gasteiger partial charge on any atom is 0.322 e. The molecule has 23 heavy (non-hydrogen) atoms. The van der Waals surface area contributed by atoms with Crippen molar-refractivity contribution in [2.75, 3.05) is 18.5 Å². The van der Waals surface area contributed by atoms with Crippen LogP contribution in [0.4, 0.5) is 10.5 Å². The van der Waals surface area contributed by atoms with Gasteiger partial charge in [-0.15, -0.1) is 0 Å². The summed E-state index contributed by atoms with van der Waals surface area (Å²) >= 11 is 0. The number of aliphatic hydroxyl groups is 1. The first-order chi connectivity index (χ1) is 10.9. The number of anilines is 1. The zero-order chi connectivity index (χ0) is 17.0. The first-order valence-corrected chi connectivity index (χ1v) is 7.73. The van der Waals surface area contributed by atoms with E-state index >= 15 is 0 Å². The number of hydrogen-bond donors (Lipinski definition) is 2. The number of benzene rings is 1. The molecule has 0 atom stereocenters. The van der Waals surface area contributed by atoms with E-state index in [1.807, 2.05) is 52.1 Å². The summed E-state index contributed by atoms with van der Waals surface area (Å²) in [4.78, 5) is 14.1. The summed E-state index contributed by atoms with van der Waals surface area (Å²) in [5.41, 5.74) is 3.60. The minimum absolute atomic E-state index is 0.00218. The summed E-state index contributed by atoms with van der Waals surface area (Å²) in [5, 5.41) is 16.4. The standard InChI is InChI=1S/C17H24N4O2/c1-12(2)20(7-8-22)17(23)19-15-9-13(3)5-6-16(15)21-11-14(4)10-18-21/h5-6,9-12,22H,7-8H2,1-4H3,(H,19,23). The van der Waals surface area contributed by atoms with Gasteiger partial charge in [-0.05, 0) is 51.0 Å². The van der Waals surface area contributed by atoms with Crippen molar-refractivity contribution in [2.24, 2.45) is 0 Å². The number of aryl methyl sites for hydroxylation is 2. The van der Waals surface area contributed by atoms with Gasteiger partial charge in [-0.3, -0.25) is 0 Å². The lowest BCUT2D eigenvalue weighted by molar-refractivity contribution is 0.172. The third-order valence-electron chi connectivity index (χ3n) is 3.58. The van der Waals surface area contributed by atoms with Crippen molar-refractivity contribution in [3.63, 3.8) is 0 Å². The molecule has 1 heterocycles. The number of aromatic nitrogens is 2. The fraction of sp³-hybridized carbons (Fsp3) is 0.412. The fourth-order valence-electron chi connectivity index (χ4n) is 2.38. The molecular formula is C17H24N4O2. The number of nitrogens with one attached hydrogen (secondary N) is 1. The molecule has 2 amide bonds. The monoisotopic (exact) mass is 316 g/mol. The van der Waals surface area contributed by atoms with Crippen LogP contribution >= 0.6 is 0 Å². The predicted octanol–water partition coefficient (Wildman–Crippen LogP) is 2.72. The second kappa shape index (κ2) is 7.28. The number of nitrogens with zero attached hydrogens (tertiary/aromatic N) is 3. The Bertz CT molecular complexity index is 679. The van der Waals surface area contributed by atoms with Gasteiger partial charge >= 0.3 is 6.03 Å². The van der Waals surface area contributed by atoms with Gasteiger partial charge in [0, 0.05) is 18.8 Å². The number of hydrogen-bond acceptors (Lipinski definition) is 3. The van der Waals surface area contributed by atoms with Crippen molar-refractivity contribution >= 4 is 11.7 Å². The Labute approximate surface area is 136 Å². The highest BCUT2D eigenvalue weighted by atomic mass is 16.3. The molecule has 0 fully saturated rings. The second-order valence-corrected chi connectivity index (χ2v) is 5.92. The van der Waals surface area contributed by atoms with E-state index in [9.17, 15) is 4.79 Å². The first kappa shape index (κ1) is 17.0. The molecule has 0 radical (unpaired) electrons. The third-order valence-corrected chi connectivity index (χ3v) is 3.58. The minimum atomic E-state index is -0.232. The van der Waals surface area contributed by atoms with Crippen LogP contribution in [0.25, 0.3) is 5.69 Å². The van der Waals surface area contributed by atoms with Gasteiger partial charge in [0.25, 0.3) is 0 Å². The smallest absolute Gasteiger partial charge is 0.322 e. The molecule has 0 bridgehead atoms. The van der Waals surface area contributed by atoms with E-state index < -0.39 is 0 Å². The highest BCUT2D eigenvalue weighted by Crippen LogP contribution is 2.22. The quantitative estimate of drug-likeness (QED) is 0.891. The lowest BCUT2D eigenvalue weighted by Gasteiger charge is -2.26. The average Bonchev–Trinajstić information content (AvgIpc) is 2.90. The molecule has 0 aliphatic heterocycles. The van der Waals surface area contributed by atoms with Crippen molar-refractivity contribution in [2.45, 2.75) is 33.7 Å². The molecule has 2 aromatic rings. The summed E-state index contributed by atoms with van der Waals surface area (Å²) in [6.07, 6.45) is 3.69. The van der Waals surface area contributed by atoms with Gasteiger partial charge in [0.2, 0.25) is 0 Å². The first-order valence-electron chi connectivity index (χ1n) is 7.73. The van der Waals surface area contributed by atoms with Gasteiger partial charge in [0.05, 0.1) is 24.2 Å². The highest BCUT2D eigenvalue weighted by molar-refractivity contribution is 5.92. The lowest BCUT2D eigenvalue weighted by Crippen LogP contribution is -2.41. The maximum absolute atomic E-state index is 12.5. The number of aliphatic hydroxyl groups excluding tert-OH is 1. The molecule has 0 unspecified atom stereocenters. The van der Waals surface area contributed by atoms with Crippen LogP contribution < -0.4 is 5.32 Å². The van der Waals surface area contributed by atoms with E-state index in [0.29, 0.717) is 12.2 Å². The van der Waals surface area contributed by atoms with E-state index in [-0.39, 0.29) is 18.7 Å². The fourth-order valence-corrected chi connectivity index (χ4v) is 2.38. The average molecular weight is 316 g/mol. The number of amides is 2. The molecule has 0 saturated carbocycles. The number of urea groups is 1. The van der Waals surface area contributed by atoms with E-state index in [2.05, 4.69) is 10.4 Å². The van der Waals surface area contributed by atoms with Crippen LogP contribution in [-0.4, -0.2) is 45.0 Å². The summed E-state index contributed by atoms with van der Waals surface area (Å²) < 4.78 is 1.75. The number of carbonyl (C=O) groups is 1. The lowest BCUT2D eigenvalue weighted by atomic mass is 10.2. The van der Waals surface area contributed by atoms with Gasteiger partial charge in [0.15, 0.2) is 0 Å². The Morgan fingerprint density at radius 3 is 2.65 bits per heavy atom. The van der Waals surface area contributed by atoms with Crippen LogP contribution in [0.15, 0.2) is 30.6 Å². The summed E-state index contributed by atoms with van der Waals surface area (Å²) in [7, 11) is 0. The zero-order valence-electron chi connectivity index (χ0n) is 14.1. The Morgan fingerprint density at radius 2 is 2.09 bits per heavy atom. The summed E-state index contributed by atoms with van der Waals surface area (Å²) in [6.45, 7) is 8.02. The van der Waals surface area contributed by atoms with Crippen molar-refractivity contribution in [1.29, 1.82) is 0 Å². The molecule has 2 rings (SSSR count). The molecule has 6 nitrogen and oxygen atoms in total. The Kier molecular flexibility index (Phi) is 5.39. The van der Waals surface area contributed by atoms with Crippen LogP contribution in [0.3, 0.4) is 0 Å². The van der Waals surface area contributed by atoms with Crippen LogP contribution in [0.5, 0.6) is 0 Å². The highest BCUT2D eigenvalue weighted by Gasteiger charge is 2.18. The molecule has 1 aromatic carbocycles. The van der Waals surface area contributed by atoms with Crippen molar-refractivity contribution in [3.8, 4) is 5.69 Å². The normalized spacial score (nSPS) is 10.9. The van der Waals surface area contributed by atoms with Gasteiger partial charge in [-0.2, -0.15) is 5.10 Å². The number of carbonyl (C=O) groups excluding carboxylic acids is 1. The second-order valence-electron chi connectivity index (χ2n) is 5.92. The van der Waals surface area contributed by atoms with Gasteiger partial charge in [0.1, 0.15) is 0 Å². The predicted molar refractivity (Wildman–Crippen MR) is 91.0 cm³/mol. The van der Waals surface area contributed by atoms with Gasteiger partial charge < -0.3 is 15.3 Å². The van der Waals surface area contributed by atoms with E-state index in [1.165, 1.54) is 0 Å². The third kappa shape index (κ3) is 4.10. The van der Waals surface area contributed by atoms with Crippen LogP contribution in [0.2, 0.25) is 0 Å². The molecule has 0 aliphatic carbocycles. The molecule has 0 saturated heterocycles. The molecule has 0 aliphatic rings. The van der Waals surface area contributed by atoms with Crippen molar-refractivity contribution in [3.05, 3.63) is 41.7 Å². The largest absolute Gasteiger partial charge is 0.395 e. The van der Waals surface area contributed by atoms with E-state index in [0.717, 1.165) is 16.8 Å². The number of rotatable bonds is 5. The zero-order valence-corrected chi connectivity index (χ0v) is 14.1. The molecular weight excluding hydrogens is 292 g/mol. The van der Waals surface area contributed by atoms with E-state index in [4.69, 9.17) is 5.11 Å². The van der Waals surface area contributed by atoms with Gasteiger partial charge in [-0.25, -0.2) is 9.48 Å². The molecule has 1 aromatic heterocycles. The van der Waals surface area contributed by atoms with Crippen LogP contribution in [-0.2, 0) is 0 Å². The molecule has 6 heteroatoms. The Balaban J connectivity index is 2.31. The van der Waals surface area contributed by atoms with Gasteiger partial charge in [-0.1, -0.05) is 6.07 Å². The van der Waals surface area contributed by atoms with E-state index in [1.54, 1.807) is 15.8 Å². The Morgan fingerprint density at radius 1 is 1.35 bits per heavy atom. The van der Waals surface area contributed by atoms with Crippen LogP contribution in [0, 0.1) is 13.8 Å². The molecule has 0 spiro atoms. The van der Waals surface area contributed by atoms with Crippen molar-refractivity contribution in [1.82, 2.24) is 14.7 Å². The maximum atomic E-state index is 12.5.